The van der Waals surface area contributed by atoms with Gasteiger partial charge in [-0.2, -0.15) is 13.5 Å². The monoisotopic (exact) mass is 458 g/mol. The minimum absolute atomic E-state index is 0.00562. The molecule has 5 nitrogen and oxygen atoms in total. The predicted molar refractivity (Wildman–Crippen MR) is 127 cm³/mol. The molecular formula is C26H38N2O3S. The Morgan fingerprint density at radius 1 is 1.00 bits per heavy atom. The smallest absolute Gasteiger partial charge is 0.276 e. The van der Waals surface area contributed by atoms with Crippen LogP contribution in [0.4, 0.5) is 0 Å². The number of nitrogens with one attached hydrogen (secondary N) is 1. The van der Waals surface area contributed by atoms with E-state index in [-0.39, 0.29) is 16.4 Å². The minimum Gasteiger partial charge on any atom is -0.393 e. The van der Waals surface area contributed by atoms with Crippen LogP contribution in [0.15, 0.2) is 34.3 Å². The van der Waals surface area contributed by atoms with Crippen molar-refractivity contribution in [1.29, 1.82) is 0 Å². The van der Waals surface area contributed by atoms with E-state index in [1.54, 1.807) is 12.1 Å². The summed E-state index contributed by atoms with van der Waals surface area (Å²) >= 11 is 0. The van der Waals surface area contributed by atoms with E-state index in [0.29, 0.717) is 23.2 Å². The number of fused-ring (bicyclic) bond motifs is 5. The van der Waals surface area contributed by atoms with Crippen molar-refractivity contribution in [1.82, 2.24) is 4.83 Å². The molecule has 7 unspecified atom stereocenters. The largest absolute Gasteiger partial charge is 0.393 e. The molecule has 0 amide bonds. The molecule has 6 heteroatoms. The normalized spacial score (nSPS) is 42.8. The maximum atomic E-state index is 12.8. The third kappa shape index (κ3) is 3.53. The maximum absolute atomic E-state index is 12.8. The molecule has 0 aliphatic heterocycles. The molecule has 7 atom stereocenters. The third-order valence-corrected chi connectivity index (χ3v) is 11.2. The maximum Gasteiger partial charge on any atom is 0.276 e. The van der Waals surface area contributed by atoms with Crippen molar-refractivity contribution in [2.24, 2.45) is 39.6 Å². The fourth-order valence-electron chi connectivity index (χ4n) is 8.09. The summed E-state index contributed by atoms with van der Waals surface area (Å²) in [6, 6.07) is 6.92. The van der Waals surface area contributed by atoms with E-state index in [9.17, 15) is 13.5 Å². The number of hydrogen-bond acceptors (Lipinski definition) is 4. The number of aliphatic hydroxyl groups excluding tert-OH is 1. The zero-order valence-electron chi connectivity index (χ0n) is 19.7. The van der Waals surface area contributed by atoms with E-state index in [1.165, 1.54) is 19.3 Å². The van der Waals surface area contributed by atoms with Crippen LogP contribution in [0, 0.1) is 41.4 Å². The lowest BCUT2D eigenvalue weighted by Gasteiger charge is -2.60. The Hall–Kier alpha value is -1.40. The molecule has 4 saturated carbocycles. The van der Waals surface area contributed by atoms with Gasteiger partial charge in [0.05, 0.1) is 11.0 Å². The van der Waals surface area contributed by atoms with Crippen molar-refractivity contribution >= 4 is 15.7 Å². The minimum atomic E-state index is -3.64. The van der Waals surface area contributed by atoms with E-state index >= 15 is 0 Å². The number of aryl methyl sites for hydroxylation is 1. The van der Waals surface area contributed by atoms with E-state index in [1.807, 2.05) is 19.1 Å². The molecule has 2 N–H and O–H groups in total. The highest BCUT2D eigenvalue weighted by molar-refractivity contribution is 7.89. The number of nitrogens with zero attached hydrogens (tertiary/aromatic N) is 1. The van der Waals surface area contributed by atoms with E-state index < -0.39 is 10.0 Å². The number of sulfonamides is 1. The molecular weight excluding hydrogens is 420 g/mol. The van der Waals surface area contributed by atoms with Crippen molar-refractivity contribution in [3.63, 3.8) is 0 Å². The van der Waals surface area contributed by atoms with Gasteiger partial charge in [0.2, 0.25) is 0 Å². The Morgan fingerprint density at radius 3 is 2.50 bits per heavy atom. The Bertz CT molecular complexity index is 1000. The van der Waals surface area contributed by atoms with Crippen molar-refractivity contribution in [2.45, 2.75) is 89.6 Å². The Kier molecular flexibility index (Phi) is 5.48. The van der Waals surface area contributed by atoms with Crippen LogP contribution in [0.5, 0.6) is 0 Å². The van der Waals surface area contributed by atoms with E-state index in [2.05, 4.69) is 23.8 Å². The molecule has 0 spiro atoms. The summed E-state index contributed by atoms with van der Waals surface area (Å²) in [5.74, 6) is 2.68. The summed E-state index contributed by atoms with van der Waals surface area (Å²) in [6.45, 7) is 6.78. The molecule has 0 bridgehead atoms. The van der Waals surface area contributed by atoms with Gasteiger partial charge in [-0.3, -0.25) is 0 Å². The molecule has 0 heterocycles. The second-order valence-corrected chi connectivity index (χ2v) is 13.2. The lowest BCUT2D eigenvalue weighted by molar-refractivity contribution is -0.113. The van der Waals surface area contributed by atoms with Gasteiger partial charge in [0.15, 0.2) is 0 Å². The molecule has 4 aliphatic carbocycles. The summed E-state index contributed by atoms with van der Waals surface area (Å²) < 4.78 is 25.6. The fraction of sp³-hybridized carbons (Fsp3) is 0.731. The van der Waals surface area contributed by atoms with Gasteiger partial charge in [-0.25, -0.2) is 4.83 Å². The first-order valence-corrected chi connectivity index (χ1v) is 14.0. The van der Waals surface area contributed by atoms with Gasteiger partial charge < -0.3 is 5.11 Å². The van der Waals surface area contributed by atoms with Gasteiger partial charge in [0.1, 0.15) is 0 Å². The van der Waals surface area contributed by atoms with Crippen LogP contribution < -0.4 is 4.83 Å². The Morgan fingerprint density at radius 2 is 1.75 bits per heavy atom. The average molecular weight is 459 g/mol. The molecule has 5 rings (SSSR count). The van der Waals surface area contributed by atoms with Crippen molar-refractivity contribution < 1.29 is 13.5 Å². The molecule has 4 fully saturated rings. The van der Waals surface area contributed by atoms with Crippen LogP contribution in [0.2, 0.25) is 0 Å². The first kappa shape index (κ1) is 22.4. The second kappa shape index (κ2) is 7.83. The van der Waals surface area contributed by atoms with Gasteiger partial charge >= 0.3 is 0 Å². The summed E-state index contributed by atoms with van der Waals surface area (Å²) in [4.78, 5) is 2.82. The quantitative estimate of drug-likeness (QED) is 0.623. The number of hydrazone groups is 1. The van der Waals surface area contributed by atoms with E-state index in [4.69, 9.17) is 0 Å². The van der Waals surface area contributed by atoms with Crippen molar-refractivity contribution in [2.75, 3.05) is 0 Å². The number of aliphatic hydroxyl groups is 1. The predicted octanol–water partition coefficient (Wildman–Crippen LogP) is 5.03. The average Bonchev–Trinajstić information content (AvgIpc) is 3.09. The third-order valence-electron chi connectivity index (χ3n) is 10.0. The van der Waals surface area contributed by atoms with Crippen molar-refractivity contribution in [3.05, 3.63) is 29.8 Å². The molecule has 0 aromatic heterocycles. The van der Waals surface area contributed by atoms with Gasteiger partial charge in [-0.05, 0) is 106 Å². The lowest BCUT2D eigenvalue weighted by atomic mass is 9.45. The van der Waals surface area contributed by atoms with Crippen LogP contribution in [-0.4, -0.2) is 25.3 Å². The number of rotatable bonds is 3. The summed E-state index contributed by atoms with van der Waals surface area (Å²) in [6.07, 6.45) is 9.76. The molecule has 1 aromatic carbocycles. The summed E-state index contributed by atoms with van der Waals surface area (Å²) in [5, 5.41) is 14.8. The van der Waals surface area contributed by atoms with Gasteiger partial charge in [-0.1, -0.05) is 31.5 Å². The lowest BCUT2D eigenvalue weighted by Crippen LogP contribution is -2.54. The highest BCUT2D eigenvalue weighted by Gasteiger charge is 2.59. The molecule has 32 heavy (non-hydrogen) atoms. The fourth-order valence-corrected chi connectivity index (χ4v) is 8.92. The Labute approximate surface area is 193 Å². The van der Waals surface area contributed by atoms with Crippen LogP contribution in [0.3, 0.4) is 0 Å². The Balaban J connectivity index is 1.35. The van der Waals surface area contributed by atoms with Gasteiger partial charge in [-0.15, -0.1) is 0 Å². The van der Waals surface area contributed by atoms with Crippen LogP contribution in [0.1, 0.15) is 77.2 Å². The van der Waals surface area contributed by atoms with Gasteiger partial charge in [0, 0.05) is 11.1 Å². The standard InChI is InChI=1S/C26H38N2O3S/c1-17-4-7-20(8-5-17)32(30,31)28-27-24-11-10-22-21-9-6-18-16-19(29)12-14-25(18,2)23(21)13-15-26(22,24)3/h4-5,7-8,18-19,21-23,28-29H,6,9-16H2,1-3H3. The molecule has 1 aromatic rings. The number of benzene rings is 1. The van der Waals surface area contributed by atoms with Crippen LogP contribution >= 0.6 is 0 Å². The molecule has 4 aliphatic rings. The SMILES string of the molecule is Cc1ccc(S(=O)(=O)NN=C2CCC3C4CCC5CC(O)CCC5(C)C4CCC23C)cc1. The van der Waals surface area contributed by atoms with Gasteiger partial charge in [0.25, 0.3) is 10.0 Å². The van der Waals surface area contributed by atoms with Crippen molar-refractivity contribution in [3.8, 4) is 0 Å². The first-order valence-electron chi connectivity index (χ1n) is 12.5. The summed E-state index contributed by atoms with van der Waals surface area (Å²) in [5.41, 5.74) is 2.43. The highest BCUT2D eigenvalue weighted by atomic mass is 32.2. The second-order valence-electron chi connectivity index (χ2n) is 11.5. The topological polar surface area (TPSA) is 78.8 Å². The number of hydrogen-bond donors (Lipinski definition) is 2. The van der Waals surface area contributed by atoms with Crippen LogP contribution in [-0.2, 0) is 10.0 Å². The van der Waals surface area contributed by atoms with E-state index in [0.717, 1.165) is 55.7 Å². The molecule has 0 radical (unpaired) electrons. The zero-order valence-corrected chi connectivity index (χ0v) is 20.5. The first-order chi connectivity index (χ1) is 15.1. The molecule has 176 valence electrons. The molecule has 0 saturated heterocycles. The van der Waals surface area contributed by atoms with Crippen LogP contribution in [0.25, 0.3) is 0 Å². The zero-order chi connectivity index (χ0) is 22.7. The summed E-state index contributed by atoms with van der Waals surface area (Å²) in [7, 11) is -3.64. The highest BCUT2D eigenvalue weighted by Crippen LogP contribution is 2.65.